The molecule has 0 bridgehead atoms. The van der Waals surface area contributed by atoms with Gasteiger partial charge in [-0.2, -0.15) is 4.72 Å². The van der Waals surface area contributed by atoms with Crippen LogP contribution < -0.4 is 15.2 Å². The molecule has 1 fully saturated rings. The zero-order chi connectivity index (χ0) is 16.8. The Balaban J connectivity index is 2.03. The van der Waals surface area contributed by atoms with E-state index in [1.807, 2.05) is 0 Å². The lowest BCUT2D eigenvalue weighted by molar-refractivity contribution is 0.306. The Hall–Kier alpha value is -0.870. The smallest absolute Gasteiger partial charge is 0.244 e. The van der Waals surface area contributed by atoms with Gasteiger partial charge < -0.3 is 5.32 Å². The van der Waals surface area contributed by atoms with E-state index >= 15 is 0 Å². The summed E-state index contributed by atoms with van der Waals surface area (Å²) >= 11 is 5.96. The van der Waals surface area contributed by atoms with Crippen LogP contribution in [0.5, 0.6) is 0 Å². The van der Waals surface area contributed by atoms with Crippen molar-refractivity contribution in [1.82, 2.24) is 4.72 Å². The summed E-state index contributed by atoms with van der Waals surface area (Å²) in [6.45, 7) is 0. The second kappa shape index (κ2) is 5.89. The molecule has 10 heteroatoms. The molecule has 1 saturated carbocycles. The summed E-state index contributed by atoms with van der Waals surface area (Å²) < 4.78 is 50.6. The minimum absolute atomic E-state index is 0.0988. The molecule has 1 aliphatic carbocycles. The van der Waals surface area contributed by atoms with Crippen LogP contribution in [0.15, 0.2) is 21.9 Å². The summed E-state index contributed by atoms with van der Waals surface area (Å²) in [5, 5.41) is 8.11. The van der Waals surface area contributed by atoms with E-state index in [0.717, 1.165) is 38.2 Å². The number of nitrogens with two attached hydrogens (primary N) is 1. The predicted octanol–water partition coefficient (Wildman–Crippen LogP) is 1.60. The quantitative estimate of drug-likeness (QED) is 0.721. The molecule has 0 aromatic heterocycles. The highest BCUT2D eigenvalue weighted by Gasteiger charge is 2.35. The van der Waals surface area contributed by atoms with Gasteiger partial charge in [0.15, 0.2) is 0 Å². The van der Waals surface area contributed by atoms with E-state index in [2.05, 4.69) is 10.0 Å². The average Bonchev–Trinajstić information content (AvgIpc) is 2.45. The molecular weight excluding hydrogens is 362 g/mol. The van der Waals surface area contributed by atoms with Crippen LogP contribution in [0, 0.1) is 5.92 Å². The number of sulfonamides is 2. The summed E-state index contributed by atoms with van der Waals surface area (Å²) in [4.78, 5) is -0.556. The summed E-state index contributed by atoms with van der Waals surface area (Å²) in [6, 6.07) is 2.31. The van der Waals surface area contributed by atoms with Gasteiger partial charge >= 0.3 is 0 Å². The van der Waals surface area contributed by atoms with Crippen LogP contribution in [0.2, 0.25) is 5.02 Å². The number of fused-ring (bicyclic) bond motifs is 1. The topological polar surface area (TPSA) is 118 Å². The van der Waals surface area contributed by atoms with Crippen LogP contribution >= 0.6 is 11.6 Å². The van der Waals surface area contributed by atoms with E-state index in [9.17, 15) is 16.8 Å². The maximum atomic E-state index is 12.5. The fourth-order valence-electron chi connectivity index (χ4n) is 3.20. The first-order chi connectivity index (χ1) is 10.7. The predicted molar refractivity (Wildman–Crippen MR) is 87.1 cm³/mol. The van der Waals surface area contributed by atoms with Crippen LogP contribution in [-0.4, -0.2) is 23.0 Å². The van der Waals surface area contributed by atoms with Crippen LogP contribution in [0.25, 0.3) is 0 Å². The van der Waals surface area contributed by atoms with Crippen LogP contribution in [0.4, 0.5) is 5.69 Å². The molecule has 3 rings (SSSR count). The van der Waals surface area contributed by atoms with E-state index in [0.29, 0.717) is 5.69 Å². The normalized spacial score (nSPS) is 24.7. The van der Waals surface area contributed by atoms with Crippen molar-refractivity contribution in [3.05, 3.63) is 17.2 Å². The number of hydrogen-bond donors (Lipinski definition) is 3. The third-order valence-corrected chi connectivity index (χ3v) is 7.20. The van der Waals surface area contributed by atoms with E-state index < -0.39 is 31.1 Å². The van der Waals surface area contributed by atoms with Gasteiger partial charge in [-0.25, -0.2) is 22.0 Å². The molecule has 1 aromatic rings. The number of anilines is 1. The number of rotatable bonds is 2. The lowest BCUT2D eigenvalue weighted by atomic mass is 9.87. The van der Waals surface area contributed by atoms with Crippen molar-refractivity contribution in [3.8, 4) is 0 Å². The van der Waals surface area contributed by atoms with Crippen molar-refractivity contribution in [2.24, 2.45) is 11.1 Å². The van der Waals surface area contributed by atoms with Gasteiger partial charge in [0.05, 0.1) is 16.9 Å². The summed E-state index contributed by atoms with van der Waals surface area (Å²) in [5.41, 5.74) is 0.303. The molecular formula is C13H18ClN3O4S2. The molecule has 0 radical (unpaired) electrons. The van der Waals surface area contributed by atoms with Crippen molar-refractivity contribution in [3.63, 3.8) is 0 Å². The maximum absolute atomic E-state index is 12.5. The summed E-state index contributed by atoms with van der Waals surface area (Å²) in [7, 11) is -7.93. The first kappa shape index (κ1) is 17.0. The van der Waals surface area contributed by atoms with E-state index in [1.54, 1.807) is 0 Å². The molecule has 1 unspecified atom stereocenters. The number of hydrogen-bond acceptors (Lipinski definition) is 5. The van der Waals surface area contributed by atoms with Gasteiger partial charge in [-0.05, 0) is 30.9 Å². The molecule has 1 aromatic carbocycles. The van der Waals surface area contributed by atoms with E-state index in [-0.39, 0.29) is 15.8 Å². The molecule has 1 aliphatic heterocycles. The van der Waals surface area contributed by atoms with Crippen LogP contribution in [-0.2, 0) is 20.0 Å². The zero-order valence-corrected chi connectivity index (χ0v) is 14.6. The average molecular weight is 380 g/mol. The monoisotopic (exact) mass is 379 g/mol. The zero-order valence-electron chi connectivity index (χ0n) is 12.2. The molecule has 1 atom stereocenters. The lowest BCUT2D eigenvalue weighted by Crippen LogP contribution is -2.49. The first-order valence-corrected chi connectivity index (χ1v) is 10.7. The van der Waals surface area contributed by atoms with Crippen molar-refractivity contribution in [2.45, 2.75) is 48.1 Å². The molecule has 7 nitrogen and oxygen atoms in total. The Labute approximate surface area is 140 Å². The Morgan fingerprint density at radius 1 is 1.17 bits per heavy atom. The standard InChI is InChI=1S/C13H18ClN3O4S2/c14-9-6-10-12(7-11(9)22(15,18)19)23(20,21)17-13(16-10)8-4-2-1-3-5-8/h6-8,13,16-17H,1-5H2,(H2,15,18,19). The molecule has 2 aliphatic rings. The third kappa shape index (κ3) is 3.34. The molecule has 0 amide bonds. The fraction of sp³-hybridized carbons (Fsp3) is 0.538. The van der Waals surface area contributed by atoms with Crippen molar-refractivity contribution in [1.29, 1.82) is 0 Å². The SMILES string of the molecule is NS(=O)(=O)c1cc2c(cc1Cl)NC(C1CCCCC1)NS2(=O)=O. The lowest BCUT2D eigenvalue weighted by Gasteiger charge is -2.35. The van der Waals surface area contributed by atoms with Gasteiger partial charge in [-0.3, -0.25) is 0 Å². The van der Waals surface area contributed by atoms with Gasteiger partial charge in [0.25, 0.3) is 0 Å². The minimum atomic E-state index is -4.10. The Morgan fingerprint density at radius 2 is 1.83 bits per heavy atom. The van der Waals surface area contributed by atoms with Gasteiger partial charge in [0.1, 0.15) is 9.79 Å². The van der Waals surface area contributed by atoms with Crippen LogP contribution in [0.3, 0.4) is 0 Å². The maximum Gasteiger partial charge on any atom is 0.244 e. The van der Waals surface area contributed by atoms with Crippen molar-refractivity contribution >= 4 is 37.3 Å². The first-order valence-electron chi connectivity index (χ1n) is 7.34. The summed E-state index contributed by atoms with van der Waals surface area (Å²) in [5.74, 6) is 0.198. The Bertz CT molecular complexity index is 833. The summed E-state index contributed by atoms with van der Waals surface area (Å²) in [6.07, 6.45) is 4.78. The van der Waals surface area contributed by atoms with Gasteiger partial charge in [0.2, 0.25) is 20.0 Å². The van der Waals surface area contributed by atoms with Crippen LogP contribution in [0.1, 0.15) is 32.1 Å². The van der Waals surface area contributed by atoms with E-state index in [4.69, 9.17) is 16.7 Å². The molecule has 0 saturated heterocycles. The highest BCUT2D eigenvalue weighted by molar-refractivity contribution is 7.90. The molecule has 1 heterocycles. The Kier molecular flexibility index (Phi) is 4.35. The third-order valence-electron chi connectivity index (χ3n) is 4.34. The fourth-order valence-corrected chi connectivity index (χ4v) is 5.76. The van der Waals surface area contributed by atoms with Crippen molar-refractivity contribution < 1.29 is 16.8 Å². The second-order valence-electron chi connectivity index (χ2n) is 5.97. The number of primary sulfonamides is 1. The van der Waals surface area contributed by atoms with Crippen molar-refractivity contribution in [2.75, 3.05) is 5.32 Å². The highest BCUT2D eigenvalue weighted by atomic mass is 35.5. The number of benzene rings is 1. The number of nitrogens with one attached hydrogen (secondary N) is 2. The van der Waals surface area contributed by atoms with Gasteiger partial charge in [0, 0.05) is 0 Å². The number of halogens is 1. The molecule has 4 N–H and O–H groups in total. The second-order valence-corrected chi connectivity index (χ2v) is 9.58. The molecule has 0 spiro atoms. The minimum Gasteiger partial charge on any atom is -0.368 e. The van der Waals surface area contributed by atoms with Gasteiger partial charge in [-0.15, -0.1) is 0 Å². The highest BCUT2D eigenvalue weighted by Crippen LogP contribution is 2.36. The molecule has 23 heavy (non-hydrogen) atoms. The molecule has 128 valence electrons. The largest absolute Gasteiger partial charge is 0.368 e. The Morgan fingerprint density at radius 3 is 2.43 bits per heavy atom. The van der Waals surface area contributed by atoms with Gasteiger partial charge in [-0.1, -0.05) is 30.9 Å². The van der Waals surface area contributed by atoms with E-state index in [1.165, 1.54) is 6.07 Å².